The van der Waals surface area contributed by atoms with Gasteiger partial charge in [-0.1, -0.05) is 23.2 Å². The Balaban J connectivity index is 3.41. The lowest BCUT2D eigenvalue weighted by Gasteiger charge is -2.04. The van der Waals surface area contributed by atoms with E-state index in [0.29, 0.717) is 6.07 Å². The highest BCUT2D eigenvalue weighted by atomic mass is 35.5. The van der Waals surface area contributed by atoms with Crippen LogP contribution in [0.25, 0.3) is 0 Å². The summed E-state index contributed by atoms with van der Waals surface area (Å²) < 4.78 is 26.1. The molecule has 0 aliphatic rings. The molecule has 1 aromatic rings. The summed E-state index contributed by atoms with van der Waals surface area (Å²) in [5, 5.41) is 10.3. The predicted molar refractivity (Wildman–Crippen MR) is 47.5 cm³/mol. The molecule has 14 heavy (non-hydrogen) atoms. The Morgan fingerprint density at radius 1 is 1.36 bits per heavy atom. The van der Waals surface area contributed by atoms with Crippen molar-refractivity contribution in [1.29, 1.82) is 0 Å². The van der Waals surface area contributed by atoms with Gasteiger partial charge in [0, 0.05) is 6.07 Å². The van der Waals surface area contributed by atoms with E-state index in [-0.39, 0.29) is 0 Å². The van der Waals surface area contributed by atoms with Gasteiger partial charge in [-0.05, 0) is 6.07 Å². The van der Waals surface area contributed by atoms with Crippen molar-refractivity contribution in [3.8, 4) is 0 Å². The van der Waals surface area contributed by atoms with Crippen LogP contribution in [-0.2, 0) is 0 Å². The number of nitro groups is 1. The Hall–Kier alpha value is -0.940. The van der Waals surface area contributed by atoms with Gasteiger partial charge in [-0.25, -0.2) is 4.39 Å². The van der Waals surface area contributed by atoms with Gasteiger partial charge in [-0.15, -0.1) is 0 Å². The number of benzene rings is 1. The van der Waals surface area contributed by atoms with Crippen molar-refractivity contribution in [2.75, 3.05) is 0 Å². The molecule has 0 aliphatic heterocycles. The largest absolute Gasteiger partial charge is 0.305 e. The minimum Gasteiger partial charge on any atom is -0.258 e. The second kappa shape index (κ2) is 4.06. The maximum absolute atomic E-state index is 13.2. The SMILES string of the molecule is O=[N+]([O-])c1ccc(F)c(C(Cl)Cl)c1F. The van der Waals surface area contributed by atoms with Crippen molar-refractivity contribution in [1.82, 2.24) is 0 Å². The fourth-order valence-electron chi connectivity index (χ4n) is 0.899. The molecule has 0 atom stereocenters. The number of nitro benzene ring substituents is 1. The number of halogens is 4. The van der Waals surface area contributed by atoms with Crippen LogP contribution in [0.1, 0.15) is 10.4 Å². The highest BCUT2D eigenvalue weighted by molar-refractivity contribution is 6.44. The van der Waals surface area contributed by atoms with E-state index in [2.05, 4.69) is 0 Å². The molecule has 7 heteroatoms. The Morgan fingerprint density at radius 2 is 1.93 bits per heavy atom. The molecular formula is C7H3Cl2F2NO2. The molecule has 0 saturated carbocycles. The molecule has 1 rings (SSSR count). The first-order valence-corrected chi connectivity index (χ1v) is 4.23. The van der Waals surface area contributed by atoms with Crippen LogP contribution in [-0.4, -0.2) is 4.92 Å². The van der Waals surface area contributed by atoms with E-state index >= 15 is 0 Å². The fourth-order valence-corrected chi connectivity index (χ4v) is 1.30. The summed E-state index contributed by atoms with van der Waals surface area (Å²) in [6.45, 7) is 0. The molecule has 0 amide bonds. The first kappa shape index (κ1) is 11.1. The standard InChI is InChI=1S/C7H3Cl2F2NO2/c8-7(9)5-3(10)1-2-4(6(5)11)12(13)14/h1-2,7H. The molecule has 0 spiro atoms. The first-order valence-electron chi connectivity index (χ1n) is 3.35. The van der Waals surface area contributed by atoms with E-state index in [1.807, 2.05) is 0 Å². The number of hydrogen-bond acceptors (Lipinski definition) is 2. The van der Waals surface area contributed by atoms with Gasteiger partial charge < -0.3 is 0 Å². The van der Waals surface area contributed by atoms with Crippen LogP contribution in [0.2, 0.25) is 0 Å². The molecule has 0 fully saturated rings. The zero-order valence-corrected chi connectivity index (χ0v) is 8.02. The van der Waals surface area contributed by atoms with Crippen LogP contribution < -0.4 is 0 Å². The number of alkyl halides is 2. The summed E-state index contributed by atoms with van der Waals surface area (Å²) in [5.41, 5.74) is -1.56. The molecule has 0 N–H and O–H groups in total. The van der Waals surface area contributed by atoms with E-state index < -0.39 is 32.6 Å². The molecule has 0 aliphatic carbocycles. The molecule has 1 aromatic carbocycles. The van der Waals surface area contributed by atoms with Crippen LogP contribution in [0.15, 0.2) is 12.1 Å². The van der Waals surface area contributed by atoms with Gasteiger partial charge in [0.05, 0.1) is 10.5 Å². The summed E-state index contributed by atoms with van der Waals surface area (Å²) in [5.74, 6) is -2.35. The van der Waals surface area contributed by atoms with Crippen LogP contribution in [0.5, 0.6) is 0 Å². The van der Waals surface area contributed by atoms with Crippen molar-refractivity contribution in [3.63, 3.8) is 0 Å². The molecule has 0 heterocycles. The van der Waals surface area contributed by atoms with Crippen LogP contribution in [0, 0.1) is 21.7 Å². The lowest BCUT2D eigenvalue weighted by Crippen LogP contribution is -2.00. The summed E-state index contributed by atoms with van der Waals surface area (Å²) in [6, 6.07) is 1.46. The Morgan fingerprint density at radius 3 is 2.36 bits per heavy atom. The van der Waals surface area contributed by atoms with Crippen LogP contribution in [0.4, 0.5) is 14.5 Å². The first-order chi connectivity index (χ1) is 6.45. The number of nitrogens with zero attached hydrogens (tertiary/aromatic N) is 1. The summed E-state index contributed by atoms with van der Waals surface area (Å²) in [4.78, 5) is 7.81. The van der Waals surface area contributed by atoms with Crippen LogP contribution in [0.3, 0.4) is 0 Å². The van der Waals surface area contributed by atoms with Gasteiger partial charge in [0.2, 0.25) is 5.82 Å². The second-order valence-corrected chi connectivity index (χ2v) is 3.45. The van der Waals surface area contributed by atoms with Crippen molar-refractivity contribution in [2.45, 2.75) is 4.84 Å². The Labute approximate surface area is 87.4 Å². The van der Waals surface area contributed by atoms with Gasteiger partial charge in [0.1, 0.15) is 10.7 Å². The quantitative estimate of drug-likeness (QED) is 0.453. The topological polar surface area (TPSA) is 43.1 Å². The molecule has 3 nitrogen and oxygen atoms in total. The normalized spacial score (nSPS) is 10.6. The van der Waals surface area contributed by atoms with Gasteiger partial charge in [0.15, 0.2) is 0 Å². The molecule has 76 valence electrons. The van der Waals surface area contributed by atoms with Crippen molar-refractivity contribution in [3.05, 3.63) is 39.4 Å². The minimum atomic E-state index is -1.48. The van der Waals surface area contributed by atoms with E-state index in [0.717, 1.165) is 6.07 Å². The third-order valence-corrected chi connectivity index (χ3v) is 1.96. The molecule has 0 bridgehead atoms. The van der Waals surface area contributed by atoms with Crippen molar-refractivity contribution >= 4 is 28.9 Å². The van der Waals surface area contributed by atoms with Crippen molar-refractivity contribution in [2.24, 2.45) is 0 Å². The Kier molecular flexibility index (Phi) is 3.23. The summed E-state index contributed by atoms with van der Waals surface area (Å²) in [6.07, 6.45) is 0. The van der Waals surface area contributed by atoms with Gasteiger partial charge >= 0.3 is 5.69 Å². The highest BCUT2D eigenvalue weighted by Crippen LogP contribution is 2.33. The van der Waals surface area contributed by atoms with E-state index in [1.165, 1.54) is 0 Å². The number of hydrogen-bond donors (Lipinski definition) is 0. The van der Waals surface area contributed by atoms with Gasteiger partial charge in [-0.3, -0.25) is 10.1 Å². The maximum Gasteiger partial charge on any atom is 0.305 e. The fraction of sp³-hybridized carbons (Fsp3) is 0.143. The molecular weight excluding hydrogens is 239 g/mol. The summed E-state index contributed by atoms with van der Waals surface area (Å²) in [7, 11) is 0. The zero-order valence-electron chi connectivity index (χ0n) is 6.51. The van der Waals surface area contributed by atoms with E-state index in [9.17, 15) is 18.9 Å². The molecule has 0 unspecified atom stereocenters. The monoisotopic (exact) mass is 241 g/mol. The molecule has 0 aromatic heterocycles. The lowest BCUT2D eigenvalue weighted by molar-refractivity contribution is -0.387. The smallest absolute Gasteiger partial charge is 0.258 e. The number of rotatable bonds is 2. The second-order valence-electron chi connectivity index (χ2n) is 2.35. The van der Waals surface area contributed by atoms with Crippen LogP contribution >= 0.6 is 23.2 Å². The van der Waals surface area contributed by atoms with E-state index in [1.54, 1.807) is 0 Å². The third-order valence-electron chi connectivity index (χ3n) is 1.52. The molecule has 0 saturated heterocycles. The van der Waals surface area contributed by atoms with Gasteiger partial charge in [0.25, 0.3) is 0 Å². The predicted octanol–water partition coefficient (Wildman–Crippen LogP) is 3.35. The highest BCUT2D eigenvalue weighted by Gasteiger charge is 2.24. The van der Waals surface area contributed by atoms with Gasteiger partial charge in [-0.2, -0.15) is 4.39 Å². The van der Waals surface area contributed by atoms with E-state index in [4.69, 9.17) is 23.2 Å². The maximum atomic E-state index is 13.2. The third kappa shape index (κ3) is 1.93. The lowest BCUT2D eigenvalue weighted by atomic mass is 10.2. The summed E-state index contributed by atoms with van der Waals surface area (Å²) >= 11 is 10.5. The zero-order chi connectivity index (χ0) is 10.9. The molecule has 0 radical (unpaired) electrons. The average Bonchev–Trinajstić information content (AvgIpc) is 2.02. The van der Waals surface area contributed by atoms with Crippen molar-refractivity contribution < 1.29 is 13.7 Å². The average molecular weight is 242 g/mol. The minimum absolute atomic E-state index is 0.706. The Bertz CT molecular complexity index is 384.